The van der Waals surface area contributed by atoms with Crippen molar-refractivity contribution in [2.45, 2.75) is 20.4 Å². The smallest absolute Gasteiger partial charge is 0.196 e. The quantitative estimate of drug-likeness (QED) is 0.497. The summed E-state index contributed by atoms with van der Waals surface area (Å²) in [5.74, 6) is 3.11. The number of anilines is 2. The van der Waals surface area contributed by atoms with Gasteiger partial charge in [0.2, 0.25) is 0 Å². The number of methoxy groups -OCH3 is 2. The number of hydrogen-bond acceptors (Lipinski definition) is 6. The van der Waals surface area contributed by atoms with Gasteiger partial charge in [-0.1, -0.05) is 6.92 Å². The van der Waals surface area contributed by atoms with E-state index in [1.807, 2.05) is 37.4 Å². The first-order valence-corrected chi connectivity index (χ1v) is 10.9. The van der Waals surface area contributed by atoms with E-state index in [1.54, 1.807) is 14.2 Å². The van der Waals surface area contributed by atoms with Crippen molar-refractivity contribution in [1.82, 2.24) is 15.2 Å². The van der Waals surface area contributed by atoms with Gasteiger partial charge in [0.25, 0.3) is 0 Å². The van der Waals surface area contributed by atoms with Crippen LogP contribution >= 0.6 is 0 Å². The molecule has 1 aromatic carbocycles. The molecule has 0 aliphatic carbocycles. The second-order valence-corrected chi connectivity index (χ2v) is 7.33. The van der Waals surface area contributed by atoms with E-state index in [0.717, 1.165) is 56.3 Å². The summed E-state index contributed by atoms with van der Waals surface area (Å²) in [7, 11) is 3.26. The molecule has 1 aliphatic rings. The maximum absolute atomic E-state index is 5.39. The Labute approximate surface area is 185 Å². The number of likely N-dealkylation sites (N-methyl/N-ethyl adjacent to an activating group) is 1. The molecule has 1 aliphatic heterocycles. The second kappa shape index (κ2) is 11.4. The molecular formula is C23H34N6O2. The zero-order valence-electron chi connectivity index (χ0n) is 19.0. The Morgan fingerprint density at radius 3 is 2.48 bits per heavy atom. The third-order valence-corrected chi connectivity index (χ3v) is 5.36. The zero-order valence-corrected chi connectivity index (χ0v) is 19.0. The third kappa shape index (κ3) is 6.24. The lowest BCUT2D eigenvalue weighted by molar-refractivity contribution is 0.270. The number of benzene rings is 1. The molecule has 0 unspecified atom stereocenters. The predicted molar refractivity (Wildman–Crippen MR) is 127 cm³/mol. The van der Waals surface area contributed by atoms with Crippen molar-refractivity contribution >= 4 is 17.5 Å². The van der Waals surface area contributed by atoms with Gasteiger partial charge in [-0.25, -0.2) is 9.98 Å². The van der Waals surface area contributed by atoms with E-state index in [1.165, 1.54) is 0 Å². The molecule has 1 aromatic heterocycles. The highest BCUT2D eigenvalue weighted by molar-refractivity contribution is 5.93. The highest BCUT2D eigenvalue weighted by Gasteiger charge is 2.16. The minimum absolute atomic E-state index is 0.563. The van der Waals surface area contributed by atoms with Crippen LogP contribution in [-0.2, 0) is 6.54 Å². The van der Waals surface area contributed by atoms with Crippen LogP contribution in [0.1, 0.15) is 19.4 Å². The van der Waals surface area contributed by atoms with Crippen molar-refractivity contribution in [3.05, 3.63) is 42.1 Å². The Morgan fingerprint density at radius 2 is 1.81 bits per heavy atom. The SMILES string of the molecule is CCNC(=NCc1ccnc(N2CCN(CC)CC2)c1)Nc1ccc(OC)c(OC)c1. The molecule has 0 saturated carbocycles. The molecule has 0 amide bonds. The van der Waals surface area contributed by atoms with E-state index in [2.05, 4.69) is 38.4 Å². The first-order chi connectivity index (χ1) is 15.2. The number of piperazine rings is 1. The number of nitrogens with zero attached hydrogens (tertiary/aromatic N) is 4. The highest BCUT2D eigenvalue weighted by Crippen LogP contribution is 2.29. The number of nitrogens with one attached hydrogen (secondary N) is 2. The van der Waals surface area contributed by atoms with Crippen LogP contribution in [0, 0.1) is 0 Å². The number of aliphatic imine (C=N–C) groups is 1. The number of hydrogen-bond donors (Lipinski definition) is 2. The van der Waals surface area contributed by atoms with Crippen LogP contribution < -0.4 is 25.0 Å². The van der Waals surface area contributed by atoms with Crippen molar-refractivity contribution < 1.29 is 9.47 Å². The van der Waals surface area contributed by atoms with E-state index in [4.69, 9.17) is 14.5 Å². The molecule has 2 heterocycles. The normalized spacial score (nSPS) is 15.0. The monoisotopic (exact) mass is 426 g/mol. The molecule has 0 bridgehead atoms. The van der Waals surface area contributed by atoms with Gasteiger partial charge in [-0.2, -0.15) is 0 Å². The van der Waals surface area contributed by atoms with E-state index >= 15 is 0 Å². The molecule has 31 heavy (non-hydrogen) atoms. The summed E-state index contributed by atoms with van der Waals surface area (Å²) in [4.78, 5) is 14.2. The van der Waals surface area contributed by atoms with Crippen molar-refractivity contribution in [3.63, 3.8) is 0 Å². The summed E-state index contributed by atoms with van der Waals surface area (Å²) in [6, 6.07) is 9.87. The minimum Gasteiger partial charge on any atom is -0.493 e. The van der Waals surface area contributed by atoms with Gasteiger partial charge in [0.05, 0.1) is 20.8 Å². The van der Waals surface area contributed by atoms with E-state index in [-0.39, 0.29) is 0 Å². The average molecular weight is 427 g/mol. The van der Waals surface area contributed by atoms with Gasteiger partial charge in [-0.3, -0.25) is 0 Å². The lowest BCUT2D eigenvalue weighted by atomic mass is 10.2. The van der Waals surface area contributed by atoms with E-state index in [0.29, 0.717) is 24.0 Å². The van der Waals surface area contributed by atoms with Crippen molar-refractivity contribution in [3.8, 4) is 11.5 Å². The average Bonchev–Trinajstić information content (AvgIpc) is 2.82. The number of guanidine groups is 1. The zero-order chi connectivity index (χ0) is 22.1. The summed E-state index contributed by atoms with van der Waals surface area (Å²) in [5.41, 5.74) is 2.01. The van der Waals surface area contributed by atoms with Gasteiger partial charge in [-0.15, -0.1) is 0 Å². The second-order valence-electron chi connectivity index (χ2n) is 7.33. The van der Waals surface area contributed by atoms with Gasteiger partial charge < -0.3 is 29.9 Å². The molecule has 8 nitrogen and oxygen atoms in total. The molecule has 0 spiro atoms. The molecule has 1 fully saturated rings. The fourth-order valence-electron chi connectivity index (χ4n) is 3.55. The van der Waals surface area contributed by atoms with Gasteiger partial charge >= 0.3 is 0 Å². The highest BCUT2D eigenvalue weighted by atomic mass is 16.5. The summed E-state index contributed by atoms with van der Waals surface area (Å²) in [5, 5.41) is 6.63. The molecule has 168 valence electrons. The van der Waals surface area contributed by atoms with Crippen LogP contribution in [0.3, 0.4) is 0 Å². The fourth-order valence-corrected chi connectivity index (χ4v) is 3.55. The van der Waals surface area contributed by atoms with Crippen molar-refractivity contribution in [2.75, 3.05) is 63.7 Å². The Hall–Kier alpha value is -3.00. The topological polar surface area (TPSA) is 74.3 Å². The number of rotatable bonds is 8. The van der Waals surface area contributed by atoms with Crippen LogP contribution in [0.2, 0.25) is 0 Å². The molecular weight excluding hydrogens is 392 g/mol. The summed E-state index contributed by atoms with van der Waals surface area (Å²) in [6.07, 6.45) is 1.88. The van der Waals surface area contributed by atoms with E-state index in [9.17, 15) is 0 Å². The first kappa shape index (κ1) is 22.7. The Kier molecular flexibility index (Phi) is 8.35. The molecule has 3 rings (SSSR count). The molecule has 1 saturated heterocycles. The summed E-state index contributed by atoms with van der Waals surface area (Å²) >= 11 is 0. The van der Waals surface area contributed by atoms with E-state index < -0.39 is 0 Å². The Balaban J connectivity index is 1.68. The van der Waals surface area contributed by atoms with Crippen LogP contribution in [0.4, 0.5) is 11.5 Å². The maximum Gasteiger partial charge on any atom is 0.196 e. The Morgan fingerprint density at radius 1 is 1.03 bits per heavy atom. The van der Waals surface area contributed by atoms with Gasteiger partial charge in [0.15, 0.2) is 17.5 Å². The largest absolute Gasteiger partial charge is 0.493 e. The van der Waals surface area contributed by atoms with Crippen molar-refractivity contribution in [1.29, 1.82) is 0 Å². The first-order valence-electron chi connectivity index (χ1n) is 10.9. The molecule has 2 N–H and O–H groups in total. The maximum atomic E-state index is 5.39. The number of aromatic nitrogens is 1. The minimum atomic E-state index is 0.563. The van der Waals surface area contributed by atoms with Crippen LogP contribution in [0.25, 0.3) is 0 Å². The number of pyridine rings is 1. The molecule has 8 heteroatoms. The van der Waals surface area contributed by atoms with Crippen LogP contribution in [-0.4, -0.2) is 69.3 Å². The molecule has 0 radical (unpaired) electrons. The lowest BCUT2D eigenvalue weighted by Gasteiger charge is -2.34. The molecule has 2 aromatic rings. The Bertz CT molecular complexity index is 865. The predicted octanol–water partition coefficient (Wildman–Crippen LogP) is 2.82. The fraction of sp³-hybridized carbons (Fsp3) is 0.478. The number of ether oxygens (including phenoxy) is 2. The third-order valence-electron chi connectivity index (χ3n) is 5.36. The lowest BCUT2D eigenvalue weighted by Crippen LogP contribution is -2.46. The van der Waals surface area contributed by atoms with Crippen LogP contribution in [0.5, 0.6) is 11.5 Å². The van der Waals surface area contributed by atoms with Crippen LogP contribution in [0.15, 0.2) is 41.5 Å². The van der Waals surface area contributed by atoms with Gasteiger partial charge in [0, 0.05) is 50.7 Å². The van der Waals surface area contributed by atoms with Gasteiger partial charge in [0.1, 0.15) is 5.82 Å². The van der Waals surface area contributed by atoms with Crippen molar-refractivity contribution in [2.24, 2.45) is 4.99 Å². The standard InChI is InChI=1S/C23H34N6O2/c1-5-24-23(27-19-7-8-20(30-3)21(16-19)31-4)26-17-18-9-10-25-22(15-18)29-13-11-28(6-2)12-14-29/h7-10,15-16H,5-6,11-14,17H2,1-4H3,(H2,24,26,27). The summed E-state index contributed by atoms with van der Waals surface area (Å²) in [6.45, 7) is 10.9. The molecule has 0 atom stereocenters. The summed E-state index contributed by atoms with van der Waals surface area (Å²) < 4.78 is 10.7. The van der Waals surface area contributed by atoms with Gasteiger partial charge in [-0.05, 0) is 43.3 Å².